The Morgan fingerprint density at radius 1 is 0.348 bits per heavy atom. The number of benzene rings is 4. The van der Waals surface area contributed by atoms with E-state index >= 15 is 0 Å². The molecule has 69 heavy (non-hydrogen) atoms. The number of carbonyl (C=O) groups excluding carboxylic acids is 4. The maximum atomic E-state index is 13.8. The van der Waals surface area contributed by atoms with Crippen molar-refractivity contribution in [2.75, 3.05) is 52.4 Å². The Balaban J connectivity index is 0.00000642. The van der Waals surface area contributed by atoms with E-state index in [1.54, 1.807) is 68.1 Å². The predicted molar refractivity (Wildman–Crippen MR) is 263 cm³/mol. The number of hydrogen-bond donors (Lipinski definition) is 0. The van der Waals surface area contributed by atoms with Crippen LogP contribution in [-0.2, 0) is 17.1 Å². The summed E-state index contributed by atoms with van der Waals surface area (Å²) < 4.78 is 0. The van der Waals surface area contributed by atoms with Gasteiger partial charge in [0.05, 0.1) is 23.3 Å². The third-order valence-electron chi connectivity index (χ3n) is 12.9. The second-order valence-corrected chi connectivity index (χ2v) is 16.4. The normalized spacial score (nSPS) is 11.5. The maximum absolute atomic E-state index is 13.8. The van der Waals surface area contributed by atoms with Crippen molar-refractivity contribution in [3.05, 3.63) is 95.1 Å². The molecule has 0 saturated carbocycles. The predicted octanol–water partition coefficient (Wildman–Crippen LogP) is 8.05. The number of nitrogens with zero attached hydrogens (tertiary/aromatic N) is 12. The quantitative estimate of drug-likeness (QED) is 0.107. The molecule has 17 heteroatoms. The molecule has 0 atom stereocenters. The van der Waals surface area contributed by atoms with Crippen LogP contribution in [0.5, 0.6) is 0 Å². The summed E-state index contributed by atoms with van der Waals surface area (Å²) in [6.45, 7) is 19.7. The topological polar surface area (TPSA) is 187 Å². The minimum Gasteiger partial charge on any atom is -0.357 e. The molecule has 0 unspecified atom stereocenters. The van der Waals surface area contributed by atoms with E-state index in [-0.39, 0.29) is 75.1 Å². The summed E-state index contributed by atoms with van der Waals surface area (Å²) in [6.07, 6.45) is 0. The van der Waals surface area contributed by atoms with Crippen molar-refractivity contribution in [1.29, 1.82) is 0 Å². The van der Waals surface area contributed by atoms with Gasteiger partial charge < -0.3 is 49.5 Å². The molecule has 0 spiro atoms. The zero-order valence-electron chi connectivity index (χ0n) is 39.9. The van der Waals surface area contributed by atoms with Gasteiger partial charge in [0.2, 0.25) is 0 Å². The van der Waals surface area contributed by atoms with E-state index in [4.69, 9.17) is 39.9 Å². The molecule has 3 aromatic heterocycles. The summed E-state index contributed by atoms with van der Waals surface area (Å²) in [5.74, 6) is 0.531. The van der Waals surface area contributed by atoms with Crippen LogP contribution in [0.2, 0.25) is 0 Å². The van der Waals surface area contributed by atoms with E-state index in [0.717, 1.165) is 0 Å². The Kier molecular flexibility index (Phi) is 13.7. The molecule has 0 aliphatic carbocycles. The number of hydrogen-bond acceptors (Lipinski definition) is 10. The van der Waals surface area contributed by atoms with E-state index in [0.29, 0.717) is 130 Å². The van der Waals surface area contributed by atoms with Crippen molar-refractivity contribution < 1.29 is 36.2 Å². The first-order chi connectivity index (χ1) is 33.0. The van der Waals surface area contributed by atoms with Crippen LogP contribution >= 0.6 is 0 Å². The minimum absolute atomic E-state index is 0. The minimum atomic E-state index is -0.144. The van der Waals surface area contributed by atoms with Crippen molar-refractivity contribution in [3.8, 4) is 45.6 Å². The van der Waals surface area contributed by atoms with Gasteiger partial charge in [-0.15, -0.1) is 0 Å². The van der Waals surface area contributed by atoms with Crippen molar-refractivity contribution >= 4 is 67.8 Å². The standard InChI is InChI=1S/C52H53N12O4.Cu/c1-9-61(10-2)49(65)29-17-21-33-37(25-29)45-54-41(33)53-42-34-22-18-30(50(66)62(11-3)12-4)26-38(34)46(55-42)57-44-36-24-20-32(52(68)64(15-7)16-8)28-40(36)48(59-44)60-47-39-27-31(51(67)63(13-5)14-6)19-23-35(39)43(56-45)58-47;/h17-28H,9-16H2,1-8H3,(H-,53,54,55,56,57,58,59,60,65,66,67,68);/q-1;+2/p-1. The van der Waals surface area contributed by atoms with Gasteiger partial charge >= 0.3 is 17.1 Å². The molecular formula is C52H52CuN12O4. The molecule has 16 nitrogen and oxygen atoms in total. The van der Waals surface area contributed by atoms with Crippen molar-refractivity contribution in [1.82, 2.24) is 59.5 Å². The Morgan fingerprint density at radius 2 is 0.609 bits per heavy atom. The average Bonchev–Trinajstić information content (AvgIpc) is 4.10. The van der Waals surface area contributed by atoms with Gasteiger partial charge in [-0.2, -0.15) is 0 Å². The first kappa shape index (κ1) is 48.1. The average molecular weight is 973 g/mol. The van der Waals surface area contributed by atoms with E-state index in [9.17, 15) is 19.2 Å². The Hall–Kier alpha value is -7.36. The smallest absolute Gasteiger partial charge is 0.357 e. The van der Waals surface area contributed by atoms with Gasteiger partial charge in [-0.05, 0) is 125 Å². The number of fused-ring (bicyclic) bond motifs is 20. The summed E-state index contributed by atoms with van der Waals surface area (Å²) >= 11 is 0. The van der Waals surface area contributed by atoms with E-state index in [1.165, 1.54) is 0 Å². The van der Waals surface area contributed by atoms with Crippen LogP contribution in [0.15, 0.2) is 72.8 Å². The Labute approximate surface area is 410 Å². The molecule has 4 aromatic carbocycles. The van der Waals surface area contributed by atoms with E-state index < -0.39 is 0 Å². The first-order valence-corrected chi connectivity index (χ1v) is 23.4. The molecule has 0 N–H and O–H groups in total. The largest absolute Gasteiger partial charge is 2.00 e. The summed E-state index contributed by atoms with van der Waals surface area (Å²) in [7, 11) is 0. The summed E-state index contributed by atoms with van der Waals surface area (Å²) in [4.78, 5) is 103. The number of amides is 4. The Morgan fingerprint density at radius 3 is 0.913 bits per heavy atom. The fourth-order valence-corrected chi connectivity index (χ4v) is 8.97. The molecule has 0 saturated heterocycles. The molecular weight excluding hydrogens is 920 g/mol. The van der Waals surface area contributed by atoms with Crippen LogP contribution in [-0.4, -0.2) is 125 Å². The zero-order chi connectivity index (χ0) is 48.0. The first-order valence-electron chi connectivity index (χ1n) is 23.4. The molecule has 2 aliphatic rings. The number of carbonyl (C=O) groups is 4. The summed E-state index contributed by atoms with van der Waals surface area (Å²) in [5, 5.41) is 2.35. The van der Waals surface area contributed by atoms with Gasteiger partial charge in [0.15, 0.2) is 0 Å². The van der Waals surface area contributed by atoms with Crippen molar-refractivity contribution in [2.45, 2.75) is 55.4 Å². The van der Waals surface area contributed by atoms with E-state index in [1.807, 2.05) is 79.7 Å². The molecule has 5 heterocycles. The molecule has 2 aliphatic heterocycles. The van der Waals surface area contributed by atoms with Gasteiger partial charge in [0.1, 0.15) is 0 Å². The third-order valence-corrected chi connectivity index (χ3v) is 12.9. The molecule has 4 amide bonds. The molecule has 355 valence electrons. The van der Waals surface area contributed by atoms with Crippen LogP contribution < -0.4 is 9.97 Å². The van der Waals surface area contributed by atoms with Crippen LogP contribution in [0.1, 0.15) is 96.8 Å². The van der Waals surface area contributed by atoms with E-state index in [2.05, 4.69) is 0 Å². The van der Waals surface area contributed by atoms with Crippen LogP contribution in [0.4, 0.5) is 0 Å². The van der Waals surface area contributed by atoms with Crippen molar-refractivity contribution in [2.24, 2.45) is 0 Å². The maximum Gasteiger partial charge on any atom is 2.00 e. The number of rotatable bonds is 12. The molecule has 0 fully saturated rings. The second kappa shape index (κ2) is 19.7. The number of aromatic nitrogens is 8. The van der Waals surface area contributed by atoms with Gasteiger partial charge in [0, 0.05) is 119 Å². The van der Waals surface area contributed by atoms with Crippen LogP contribution in [0.25, 0.3) is 89.7 Å². The molecule has 8 bridgehead atoms. The van der Waals surface area contributed by atoms with Gasteiger partial charge in [-0.25, -0.2) is 9.97 Å². The van der Waals surface area contributed by atoms with Crippen molar-refractivity contribution in [3.63, 3.8) is 0 Å². The van der Waals surface area contributed by atoms with Gasteiger partial charge in [-0.3, -0.25) is 19.2 Å². The molecule has 1 radical (unpaired) electrons. The fourth-order valence-electron chi connectivity index (χ4n) is 8.97. The Bertz CT molecular complexity index is 3370. The second-order valence-electron chi connectivity index (χ2n) is 16.4. The van der Waals surface area contributed by atoms with Gasteiger partial charge in [0.25, 0.3) is 23.6 Å². The SMILES string of the molecule is CCN(CC)C(=O)c1ccc2c(c1)-c1nc-2nc2[n-]c(nc3nc(nc4[n-]c(n1)c1ccc(C(=O)N(CC)CC)cc41)-c1cc(C(=O)N(CC)CC)ccc1-3)c1cc(C(=O)N(CC)CC)ccc21.[Cu+2]. The zero-order valence-corrected chi connectivity index (χ0v) is 40.8. The van der Waals surface area contributed by atoms with Crippen LogP contribution in [0, 0.1) is 0 Å². The van der Waals surface area contributed by atoms with Gasteiger partial charge in [-0.1, -0.05) is 24.3 Å². The summed E-state index contributed by atoms with van der Waals surface area (Å²) in [6, 6.07) is 21.5. The van der Waals surface area contributed by atoms with Crippen LogP contribution in [0.3, 0.4) is 0 Å². The monoisotopic (exact) mass is 971 g/mol. The third kappa shape index (κ3) is 8.50. The fraction of sp³-hybridized carbons (Fsp3) is 0.308. The molecule has 9 rings (SSSR count). The summed E-state index contributed by atoms with van der Waals surface area (Å²) in [5.41, 5.74) is 5.27. The molecule has 7 aromatic rings.